The molecule has 1 heterocycles. The highest BCUT2D eigenvalue weighted by Gasteiger charge is 2.16. The van der Waals surface area contributed by atoms with Crippen LogP contribution in [0, 0.1) is 20.8 Å². The number of benzene rings is 3. The van der Waals surface area contributed by atoms with Crippen molar-refractivity contribution < 1.29 is 13.9 Å². The molecule has 4 rings (SSSR count). The van der Waals surface area contributed by atoms with Crippen LogP contribution in [-0.4, -0.2) is 18.0 Å². The smallest absolute Gasteiger partial charge is 0.259 e. The number of anilines is 1. The number of hydrogen-bond acceptors (Lipinski definition) is 4. The van der Waals surface area contributed by atoms with Gasteiger partial charge < -0.3 is 14.5 Å². The third-order valence-electron chi connectivity index (χ3n) is 4.92. The van der Waals surface area contributed by atoms with Crippen LogP contribution in [0.2, 0.25) is 0 Å². The van der Waals surface area contributed by atoms with Gasteiger partial charge in [0.15, 0.2) is 5.58 Å². The third-order valence-corrected chi connectivity index (χ3v) is 4.92. The second-order valence-corrected chi connectivity index (χ2v) is 7.13. The molecule has 0 atom stereocenters. The highest BCUT2D eigenvalue weighted by atomic mass is 16.5. The van der Waals surface area contributed by atoms with Crippen LogP contribution < -0.4 is 10.1 Å². The number of methoxy groups -OCH3 is 1. The Morgan fingerprint density at radius 1 is 1.00 bits per heavy atom. The number of aromatic nitrogens is 1. The van der Waals surface area contributed by atoms with Crippen molar-refractivity contribution in [3.05, 3.63) is 76.9 Å². The summed E-state index contributed by atoms with van der Waals surface area (Å²) in [5, 5.41) is 2.92. The predicted octanol–water partition coefficient (Wildman–Crippen LogP) is 5.68. The number of ether oxygens (including phenoxy) is 1. The lowest BCUT2D eigenvalue weighted by Crippen LogP contribution is -2.13. The van der Waals surface area contributed by atoms with Crippen LogP contribution in [0.3, 0.4) is 0 Å². The van der Waals surface area contributed by atoms with Gasteiger partial charge in [-0.15, -0.1) is 0 Å². The third kappa shape index (κ3) is 3.59. The summed E-state index contributed by atoms with van der Waals surface area (Å²) in [5.41, 5.74) is 6.66. The first-order valence-corrected chi connectivity index (χ1v) is 9.39. The first-order valence-electron chi connectivity index (χ1n) is 9.39. The zero-order valence-electron chi connectivity index (χ0n) is 16.9. The molecule has 0 unspecified atom stereocenters. The van der Waals surface area contributed by atoms with E-state index in [0.29, 0.717) is 34.0 Å². The number of nitrogens with zero attached hydrogens (tertiary/aromatic N) is 1. The van der Waals surface area contributed by atoms with Crippen molar-refractivity contribution in [3.63, 3.8) is 0 Å². The molecular weight excluding hydrogens is 364 g/mol. The Labute approximate surface area is 169 Å². The number of fused-ring (bicyclic) bond motifs is 1. The van der Waals surface area contributed by atoms with Gasteiger partial charge in [-0.05, 0) is 62.2 Å². The van der Waals surface area contributed by atoms with E-state index in [1.807, 2.05) is 50.2 Å². The molecule has 29 heavy (non-hydrogen) atoms. The molecule has 0 saturated heterocycles. The maximum Gasteiger partial charge on any atom is 0.259 e. The second-order valence-electron chi connectivity index (χ2n) is 7.13. The number of para-hydroxylation sites is 1. The van der Waals surface area contributed by atoms with Crippen LogP contribution in [0.1, 0.15) is 27.0 Å². The molecule has 5 nitrogen and oxygen atoms in total. The van der Waals surface area contributed by atoms with Gasteiger partial charge >= 0.3 is 0 Å². The first-order chi connectivity index (χ1) is 14.0. The molecular formula is C24H22N2O3. The van der Waals surface area contributed by atoms with Gasteiger partial charge in [0.2, 0.25) is 5.89 Å². The van der Waals surface area contributed by atoms with Crippen molar-refractivity contribution in [1.29, 1.82) is 0 Å². The summed E-state index contributed by atoms with van der Waals surface area (Å²) in [7, 11) is 1.56. The van der Waals surface area contributed by atoms with Gasteiger partial charge in [-0.2, -0.15) is 0 Å². The summed E-state index contributed by atoms with van der Waals surface area (Å²) in [6, 6.07) is 17.1. The predicted molar refractivity (Wildman–Crippen MR) is 115 cm³/mol. The van der Waals surface area contributed by atoms with Crippen LogP contribution in [-0.2, 0) is 0 Å². The van der Waals surface area contributed by atoms with Crippen molar-refractivity contribution in [3.8, 4) is 17.2 Å². The Morgan fingerprint density at radius 2 is 1.83 bits per heavy atom. The van der Waals surface area contributed by atoms with Gasteiger partial charge in [0, 0.05) is 11.3 Å². The van der Waals surface area contributed by atoms with Crippen LogP contribution in [0.15, 0.2) is 59.0 Å². The number of carbonyl (C=O) groups excluding carboxylic acids is 1. The molecule has 0 spiro atoms. The van der Waals surface area contributed by atoms with Crippen molar-refractivity contribution >= 4 is 22.7 Å². The number of carbonyl (C=O) groups is 1. The van der Waals surface area contributed by atoms with Gasteiger partial charge in [0.25, 0.3) is 5.91 Å². The van der Waals surface area contributed by atoms with Crippen LogP contribution in [0.5, 0.6) is 5.75 Å². The Bertz CT molecular complexity index is 1220. The van der Waals surface area contributed by atoms with E-state index in [9.17, 15) is 4.79 Å². The van der Waals surface area contributed by atoms with E-state index < -0.39 is 0 Å². The molecule has 0 bridgehead atoms. The molecule has 1 N–H and O–H groups in total. The summed E-state index contributed by atoms with van der Waals surface area (Å²) in [6.07, 6.45) is 0. The molecule has 0 aliphatic rings. The Balaban J connectivity index is 1.64. The average Bonchev–Trinajstić information content (AvgIpc) is 3.10. The fourth-order valence-corrected chi connectivity index (χ4v) is 3.47. The lowest BCUT2D eigenvalue weighted by Gasteiger charge is -2.11. The number of amides is 1. The Morgan fingerprint density at radius 3 is 2.59 bits per heavy atom. The van der Waals surface area contributed by atoms with Gasteiger partial charge in [0.1, 0.15) is 11.3 Å². The molecule has 1 aromatic heterocycles. The lowest BCUT2D eigenvalue weighted by atomic mass is 10.1. The molecule has 0 saturated carbocycles. The van der Waals surface area contributed by atoms with Crippen molar-refractivity contribution in [2.24, 2.45) is 0 Å². The van der Waals surface area contributed by atoms with E-state index in [-0.39, 0.29) is 5.91 Å². The summed E-state index contributed by atoms with van der Waals surface area (Å²) in [5.74, 6) is 0.911. The maximum atomic E-state index is 12.8. The number of rotatable bonds is 4. The van der Waals surface area contributed by atoms with Crippen molar-refractivity contribution in [2.45, 2.75) is 20.8 Å². The van der Waals surface area contributed by atoms with Gasteiger partial charge in [-0.25, -0.2) is 4.98 Å². The minimum absolute atomic E-state index is 0.233. The van der Waals surface area contributed by atoms with Gasteiger partial charge in [-0.1, -0.05) is 29.8 Å². The Hall–Kier alpha value is -3.60. The fourth-order valence-electron chi connectivity index (χ4n) is 3.47. The molecule has 0 fully saturated rings. The van der Waals surface area contributed by atoms with Gasteiger partial charge in [-0.3, -0.25) is 4.79 Å². The topological polar surface area (TPSA) is 64.4 Å². The van der Waals surface area contributed by atoms with Crippen molar-refractivity contribution in [2.75, 3.05) is 12.4 Å². The molecule has 0 aliphatic heterocycles. The standard InChI is InChI=1S/C24H22N2O3/c1-14-8-10-18(16(3)12-14)24-26-20-13-17(9-11-21(20)29-24)25-23(27)19-7-5-6-15(2)22(19)28-4/h5-13H,1-4H3,(H,25,27). The normalized spacial score (nSPS) is 10.9. The van der Waals surface area contributed by atoms with Gasteiger partial charge in [0.05, 0.1) is 12.7 Å². The first kappa shape index (κ1) is 18.7. The summed E-state index contributed by atoms with van der Waals surface area (Å²) < 4.78 is 11.3. The molecule has 0 radical (unpaired) electrons. The largest absolute Gasteiger partial charge is 0.496 e. The van der Waals surface area contributed by atoms with E-state index in [1.165, 1.54) is 5.56 Å². The highest BCUT2D eigenvalue weighted by Crippen LogP contribution is 2.29. The van der Waals surface area contributed by atoms with Crippen molar-refractivity contribution in [1.82, 2.24) is 4.98 Å². The lowest BCUT2D eigenvalue weighted by molar-refractivity contribution is 0.102. The summed E-state index contributed by atoms with van der Waals surface area (Å²) >= 11 is 0. The SMILES string of the molecule is COc1c(C)cccc1C(=O)Nc1ccc2oc(-c3ccc(C)cc3C)nc2c1. The van der Waals surface area contributed by atoms with Crippen LogP contribution >= 0.6 is 0 Å². The highest BCUT2D eigenvalue weighted by molar-refractivity contribution is 6.07. The summed E-state index contributed by atoms with van der Waals surface area (Å²) in [4.78, 5) is 17.4. The number of nitrogens with one attached hydrogen (secondary N) is 1. The van der Waals surface area contributed by atoms with E-state index >= 15 is 0 Å². The molecule has 4 aromatic rings. The van der Waals surface area contributed by atoms with E-state index in [1.54, 1.807) is 19.2 Å². The number of aryl methyl sites for hydroxylation is 3. The zero-order chi connectivity index (χ0) is 20.5. The van der Waals surface area contributed by atoms with E-state index in [2.05, 4.69) is 23.3 Å². The van der Waals surface area contributed by atoms with E-state index in [0.717, 1.165) is 16.7 Å². The monoisotopic (exact) mass is 386 g/mol. The minimum Gasteiger partial charge on any atom is -0.496 e. The number of hydrogen-bond donors (Lipinski definition) is 1. The minimum atomic E-state index is -0.233. The molecule has 1 amide bonds. The van der Waals surface area contributed by atoms with Crippen LogP contribution in [0.4, 0.5) is 5.69 Å². The molecule has 3 aromatic carbocycles. The fraction of sp³-hybridized carbons (Fsp3) is 0.167. The summed E-state index contributed by atoms with van der Waals surface area (Å²) in [6.45, 7) is 6.00. The maximum absolute atomic E-state index is 12.8. The number of oxazole rings is 1. The Kier molecular flexibility index (Phi) is 4.80. The second kappa shape index (κ2) is 7.43. The molecule has 0 aliphatic carbocycles. The molecule has 5 heteroatoms. The van der Waals surface area contributed by atoms with E-state index in [4.69, 9.17) is 9.15 Å². The molecule has 146 valence electrons. The average molecular weight is 386 g/mol. The van der Waals surface area contributed by atoms with Crippen LogP contribution in [0.25, 0.3) is 22.6 Å². The zero-order valence-corrected chi connectivity index (χ0v) is 16.9. The quantitative estimate of drug-likeness (QED) is 0.490.